The Morgan fingerprint density at radius 3 is 2.19 bits per heavy atom. The molecule has 0 aromatic carbocycles. The van der Waals surface area contributed by atoms with Crippen LogP contribution < -0.4 is 0 Å². The van der Waals surface area contributed by atoms with E-state index in [0.717, 1.165) is 44.6 Å². The fraction of sp³-hybridized carbons (Fsp3) is 0.941. The molecule has 4 nitrogen and oxygen atoms in total. The third kappa shape index (κ3) is 3.98. The highest BCUT2D eigenvalue weighted by molar-refractivity contribution is 5.76. The third-order valence-corrected chi connectivity index (χ3v) is 5.81. The molecule has 4 heteroatoms. The van der Waals surface area contributed by atoms with Crippen molar-refractivity contribution in [2.75, 3.05) is 46.4 Å². The normalized spacial score (nSPS) is 30.0. The Hall–Kier alpha value is -0.610. The topological polar surface area (TPSA) is 32.8 Å². The molecule has 3 saturated heterocycles. The van der Waals surface area contributed by atoms with E-state index in [1.165, 1.54) is 38.8 Å². The van der Waals surface area contributed by atoms with Gasteiger partial charge in [0.1, 0.15) is 0 Å². The van der Waals surface area contributed by atoms with Gasteiger partial charge in [-0.05, 0) is 70.0 Å². The van der Waals surface area contributed by atoms with E-state index in [2.05, 4.69) is 16.8 Å². The predicted molar refractivity (Wildman–Crippen MR) is 83.1 cm³/mol. The molecular weight excluding hydrogens is 264 g/mol. The Morgan fingerprint density at radius 2 is 1.62 bits per heavy atom. The number of piperidine rings is 2. The minimum Gasteiger partial charge on any atom is -0.381 e. The number of hydrogen-bond acceptors (Lipinski definition) is 3. The van der Waals surface area contributed by atoms with E-state index in [-0.39, 0.29) is 0 Å². The van der Waals surface area contributed by atoms with Crippen molar-refractivity contribution >= 4 is 5.91 Å². The van der Waals surface area contributed by atoms with E-state index in [4.69, 9.17) is 4.74 Å². The summed E-state index contributed by atoms with van der Waals surface area (Å²) >= 11 is 0. The molecule has 3 heterocycles. The van der Waals surface area contributed by atoms with E-state index in [1.807, 2.05) is 0 Å². The van der Waals surface area contributed by atoms with Crippen molar-refractivity contribution in [1.29, 1.82) is 0 Å². The molecule has 0 bridgehead atoms. The molecular formula is C17H30N2O2. The first-order chi connectivity index (χ1) is 10.2. The van der Waals surface area contributed by atoms with Gasteiger partial charge >= 0.3 is 0 Å². The molecule has 0 radical (unpaired) electrons. The highest BCUT2D eigenvalue weighted by Gasteiger charge is 2.31. The average molecular weight is 294 g/mol. The molecule has 0 aromatic heterocycles. The summed E-state index contributed by atoms with van der Waals surface area (Å²) in [5.41, 5.74) is 0. The molecule has 0 unspecified atom stereocenters. The molecule has 0 N–H and O–H groups in total. The van der Waals surface area contributed by atoms with Crippen LogP contribution >= 0.6 is 0 Å². The SMILES string of the molecule is CN1CCC(C2CCN(C(=O)C[C@H]3CCOC3)CC2)CC1. The van der Waals surface area contributed by atoms with Gasteiger partial charge in [-0.3, -0.25) is 4.79 Å². The van der Waals surface area contributed by atoms with Crippen LogP contribution in [0.2, 0.25) is 0 Å². The van der Waals surface area contributed by atoms with Gasteiger partial charge in [-0.25, -0.2) is 0 Å². The fourth-order valence-electron chi connectivity index (χ4n) is 4.24. The second-order valence-corrected chi connectivity index (χ2v) is 7.29. The van der Waals surface area contributed by atoms with Crippen LogP contribution in [0.1, 0.15) is 38.5 Å². The molecule has 1 atom stereocenters. The lowest BCUT2D eigenvalue weighted by atomic mass is 9.79. The number of carbonyl (C=O) groups is 1. The molecule has 21 heavy (non-hydrogen) atoms. The van der Waals surface area contributed by atoms with E-state index in [1.54, 1.807) is 0 Å². The van der Waals surface area contributed by atoms with Crippen LogP contribution in [0.15, 0.2) is 0 Å². The van der Waals surface area contributed by atoms with Crippen molar-refractivity contribution in [3.63, 3.8) is 0 Å². The Morgan fingerprint density at radius 1 is 1.00 bits per heavy atom. The monoisotopic (exact) mass is 294 g/mol. The summed E-state index contributed by atoms with van der Waals surface area (Å²) in [6.45, 7) is 6.12. The first-order valence-corrected chi connectivity index (χ1v) is 8.76. The molecule has 0 aromatic rings. The van der Waals surface area contributed by atoms with Crippen LogP contribution in [0.3, 0.4) is 0 Å². The summed E-state index contributed by atoms with van der Waals surface area (Å²) in [6.07, 6.45) is 6.93. The fourth-order valence-corrected chi connectivity index (χ4v) is 4.24. The largest absolute Gasteiger partial charge is 0.381 e. The second-order valence-electron chi connectivity index (χ2n) is 7.29. The van der Waals surface area contributed by atoms with Crippen molar-refractivity contribution in [2.24, 2.45) is 17.8 Å². The minimum absolute atomic E-state index is 0.368. The summed E-state index contributed by atoms with van der Waals surface area (Å²) in [5, 5.41) is 0. The van der Waals surface area contributed by atoms with Gasteiger partial charge < -0.3 is 14.5 Å². The predicted octanol–water partition coefficient (Wildman–Crippen LogP) is 1.99. The summed E-state index contributed by atoms with van der Waals surface area (Å²) < 4.78 is 5.38. The summed E-state index contributed by atoms with van der Waals surface area (Å²) in [4.78, 5) is 16.9. The third-order valence-electron chi connectivity index (χ3n) is 5.81. The van der Waals surface area contributed by atoms with E-state index in [0.29, 0.717) is 18.2 Å². The van der Waals surface area contributed by atoms with Gasteiger partial charge in [0.25, 0.3) is 0 Å². The molecule has 3 rings (SSSR count). The number of amides is 1. The van der Waals surface area contributed by atoms with E-state index in [9.17, 15) is 4.79 Å². The summed E-state index contributed by atoms with van der Waals surface area (Å²) in [7, 11) is 2.23. The van der Waals surface area contributed by atoms with Crippen molar-refractivity contribution < 1.29 is 9.53 Å². The maximum Gasteiger partial charge on any atom is 0.222 e. The first kappa shape index (κ1) is 15.3. The highest BCUT2D eigenvalue weighted by atomic mass is 16.5. The van der Waals surface area contributed by atoms with Gasteiger partial charge in [-0.1, -0.05) is 0 Å². The van der Waals surface area contributed by atoms with Gasteiger partial charge in [0.15, 0.2) is 0 Å². The summed E-state index contributed by atoms with van der Waals surface area (Å²) in [6, 6.07) is 0. The Bertz CT molecular complexity index is 339. The molecule has 0 spiro atoms. The number of carbonyl (C=O) groups excluding carboxylic acids is 1. The Balaban J connectivity index is 1.41. The van der Waals surface area contributed by atoms with Gasteiger partial charge in [-0.2, -0.15) is 0 Å². The molecule has 3 aliphatic rings. The van der Waals surface area contributed by atoms with Crippen LogP contribution in [0.4, 0.5) is 0 Å². The molecule has 3 fully saturated rings. The van der Waals surface area contributed by atoms with Crippen LogP contribution in [0.25, 0.3) is 0 Å². The maximum atomic E-state index is 12.3. The van der Waals surface area contributed by atoms with Crippen LogP contribution in [-0.4, -0.2) is 62.1 Å². The second kappa shape index (κ2) is 7.10. The Kier molecular flexibility index (Phi) is 5.17. The van der Waals surface area contributed by atoms with Crippen LogP contribution in [0.5, 0.6) is 0 Å². The van der Waals surface area contributed by atoms with Crippen LogP contribution in [0, 0.1) is 17.8 Å². The lowest BCUT2D eigenvalue weighted by molar-refractivity contribution is -0.134. The van der Waals surface area contributed by atoms with E-state index >= 15 is 0 Å². The quantitative estimate of drug-likeness (QED) is 0.798. The lowest BCUT2D eigenvalue weighted by Crippen LogP contribution is -2.42. The van der Waals surface area contributed by atoms with Crippen molar-refractivity contribution in [2.45, 2.75) is 38.5 Å². The van der Waals surface area contributed by atoms with E-state index < -0.39 is 0 Å². The molecule has 0 aliphatic carbocycles. The lowest BCUT2D eigenvalue weighted by Gasteiger charge is -2.39. The van der Waals surface area contributed by atoms with Crippen molar-refractivity contribution in [3.05, 3.63) is 0 Å². The zero-order chi connectivity index (χ0) is 14.7. The number of hydrogen-bond donors (Lipinski definition) is 0. The smallest absolute Gasteiger partial charge is 0.222 e. The Labute approximate surface area is 128 Å². The van der Waals surface area contributed by atoms with Gasteiger partial charge in [0.05, 0.1) is 0 Å². The van der Waals surface area contributed by atoms with Gasteiger partial charge in [0.2, 0.25) is 5.91 Å². The van der Waals surface area contributed by atoms with Crippen LogP contribution in [-0.2, 0) is 9.53 Å². The molecule has 1 amide bonds. The number of nitrogens with zero attached hydrogens (tertiary/aromatic N) is 2. The zero-order valence-corrected chi connectivity index (χ0v) is 13.4. The average Bonchev–Trinajstić information content (AvgIpc) is 3.01. The van der Waals surface area contributed by atoms with Crippen molar-refractivity contribution in [1.82, 2.24) is 9.80 Å². The number of likely N-dealkylation sites (tertiary alicyclic amines) is 2. The summed E-state index contributed by atoms with van der Waals surface area (Å²) in [5.74, 6) is 2.61. The molecule has 120 valence electrons. The highest BCUT2D eigenvalue weighted by Crippen LogP contribution is 2.32. The number of rotatable bonds is 3. The number of ether oxygens (including phenoxy) is 1. The van der Waals surface area contributed by atoms with Gasteiger partial charge in [-0.15, -0.1) is 0 Å². The molecule has 0 saturated carbocycles. The minimum atomic E-state index is 0.368. The standard InChI is InChI=1S/C17H30N2O2/c1-18-7-2-15(3-8-18)16-4-9-19(10-5-16)17(20)12-14-6-11-21-13-14/h14-16H,2-13H2,1H3/t14-/m1/s1. The van der Waals surface area contributed by atoms with Gasteiger partial charge in [0, 0.05) is 32.7 Å². The molecule has 3 aliphatic heterocycles. The first-order valence-electron chi connectivity index (χ1n) is 8.76. The van der Waals surface area contributed by atoms with Crippen molar-refractivity contribution in [3.8, 4) is 0 Å². The maximum absolute atomic E-state index is 12.3. The zero-order valence-electron chi connectivity index (χ0n) is 13.4.